The van der Waals surface area contributed by atoms with E-state index in [4.69, 9.17) is 0 Å². The first-order valence-electron chi connectivity index (χ1n) is 9.79. The van der Waals surface area contributed by atoms with E-state index < -0.39 is 10.0 Å². The molecule has 162 valence electrons. The highest BCUT2D eigenvalue weighted by Crippen LogP contribution is 2.20. The third-order valence-electron chi connectivity index (χ3n) is 5.28. The molecule has 2 aromatic carbocycles. The standard InChI is InChI=1S/C21H25BrFN3O3S/c1-16(21(27)24-11-10-17-2-6-19(23)7-3-17)25-12-14-26(15-13-25)30(28,29)20-8-4-18(22)5-9-20/h2-9,16H,10-15H2,1H3,(H,24,27). The number of nitrogens with zero attached hydrogens (tertiary/aromatic N) is 2. The summed E-state index contributed by atoms with van der Waals surface area (Å²) in [5.74, 6) is -0.376. The molecule has 2 aromatic rings. The predicted octanol–water partition coefficient (Wildman–Crippen LogP) is 2.64. The van der Waals surface area contributed by atoms with Gasteiger partial charge in [0, 0.05) is 37.2 Å². The van der Waals surface area contributed by atoms with Crippen molar-refractivity contribution in [2.75, 3.05) is 32.7 Å². The quantitative estimate of drug-likeness (QED) is 0.638. The molecule has 9 heteroatoms. The van der Waals surface area contributed by atoms with Crippen LogP contribution in [0.3, 0.4) is 0 Å². The molecule has 1 atom stereocenters. The van der Waals surface area contributed by atoms with Crippen molar-refractivity contribution in [2.24, 2.45) is 0 Å². The fraction of sp³-hybridized carbons (Fsp3) is 0.381. The monoisotopic (exact) mass is 497 g/mol. The van der Waals surface area contributed by atoms with Crippen LogP contribution in [0.4, 0.5) is 4.39 Å². The zero-order valence-electron chi connectivity index (χ0n) is 16.7. The lowest BCUT2D eigenvalue weighted by Crippen LogP contribution is -2.55. The number of nitrogens with one attached hydrogen (secondary N) is 1. The highest BCUT2D eigenvalue weighted by atomic mass is 79.9. The molecule has 0 aromatic heterocycles. The van der Waals surface area contributed by atoms with Crippen LogP contribution in [0.15, 0.2) is 57.9 Å². The molecule has 0 spiro atoms. The minimum atomic E-state index is -3.54. The number of halogens is 2. The van der Waals surface area contributed by atoms with Crippen molar-refractivity contribution >= 4 is 31.9 Å². The summed E-state index contributed by atoms with van der Waals surface area (Å²) in [7, 11) is -3.54. The average Bonchev–Trinajstić information content (AvgIpc) is 2.75. The number of benzene rings is 2. The third-order valence-corrected chi connectivity index (χ3v) is 7.72. The van der Waals surface area contributed by atoms with Gasteiger partial charge in [-0.3, -0.25) is 9.69 Å². The van der Waals surface area contributed by atoms with Gasteiger partial charge in [0.25, 0.3) is 0 Å². The molecule has 1 N–H and O–H groups in total. The Morgan fingerprint density at radius 3 is 2.27 bits per heavy atom. The van der Waals surface area contributed by atoms with E-state index in [0.717, 1.165) is 10.0 Å². The van der Waals surface area contributed by atoms with E-state index in [0.29, 0.717) is 39.1 Å². The summed E-state index contributed by atoms with van der Waals surface area (Å²) in [5, 5.41) is 2.90. The summed E-state index contributed by atoms with van der Waals surface area (Å²) < 4.78 is 40.8. The van der Waals surface area contributed by atoms with Crippen molar-refractivity contribution in [3.63, 3.8) is 0 Å². The van der Waals surface area contributed by atoms with Crippen LogP contribution in [-0.2, 0) is 21.2 Å². The van der Waals surface area contributed by atoms with Crippen molar-refractivity contribution in [1.82, 2.24) is 14.5 Å². The maximum atomic E-state index is 12.9. The first kappa shape index (κ1) is 22.9. The number of hydrogen-bond acceptors (Lipinski definition) is 4. The molecule has 1 aliphatic rings. The molecule has 0 saturated carbocycles. The summed E-state index contributed by atoms with van der Waals surface area (Å²) in [6.45, 7) is 3.95. The number of rotatable bonds is 7. The van der Waals surface area contributed by atoms with Crippen LogP contribution in [0.2, 0.25) is 0 Å². The second-order valence-corrected chi connectivity index (χ2v) is 10.1. The lowest BCUT2D eigenvalue weighted by atomic mass is 10.1. The molecule has 6 nitrogen and oxygen atoms in total. The van der Waals surface area contributed by atoms with Crippen molar-refractivity contribution in [3.8, 4) is 0 Å². The maximum absolute atomic E-state index is 12.9. The molecule has 1 aliphatic heterocycles. The van der Waals surface area contributed by atoms with Crippen LogP contribution in [-0.4, -0.2) is 62.3 Å². The van der Waals surface area contributed by atoms with Gasteiger partial charge >= 0.3 is 0 Å². The maximum Gasteiger partial charge on any atom is 0.243 e. The number of carbonyl (C=O) groups is 1. The van der Waals surface area contributed by atoms with Crippen molar-refractivity contribution in [2.45, 2.75) is 24.3 Å². The number of carbonyl (C=O) groups excluding carboxylic acids is 1. The summed E-state index contributed by atoms with van der Waals surface area (Å²) in [4.78, 5) is 14.7. The van der Waals surface area contributed by atoms with E-state index in [9.17, 15) is 17.6 Å². The van der Waals surface area contributed by atoms with Gasteiger partial charge in [-0.2, -0.15) is 4.31 Å². The van der Waals surface area contributed by atoms with Crippen LogP contribution < -0.4 is 5.32 Å². The van der Waals surface area contributed by atoms with Crippen molar-refractivity contribution in [1.29, 1.82) is 0 Å². The smallest absolute Gasteiger partial charge is 0.243 e. The highest BCUT2D eigenvalue weighted by molar-refractivity contribution is 9.10. The first-order valence-corrected chi connectivity index (χ1v) is 12.0. The number of piperazine rings is 1. The van der Waals surface area contributed by atoms with Gasteiger partial charge in [0.15, 0.2) is 0 Å². The van der Waals surface area contributed by atoms with Gasteiger partial charge in [0.2, 0.25) is 15.9 Å². The molecule has 1 fully saturated rings. The second-order valence-electron chi connectivity index (χ2n) is 7.24. The van der Waals surface area contributed by atoms with Gasteiger partial charge in [-0.05, 0) is 55.3 Å². The Balaban J connectivity index is 1.48. The first-order chi connectivity index (χ1) is 14.3. The summed E-state index contributed by atoms with van der Waals surface area (Å²) >= 11 is 3.31. The molecular formula is C21H25BrFN3O3S. The molecular weight excluding hydrogens is 473 g/mol. The van der Waals surface area contributed by atoms with Crippen LogP contribution in [0, 0.1) is 5.82 Å². The minimum absolute atomic E-state index is 0.0960. The molecule has 1 amide bonds. The molecule has 3 rings (SSSR count). The van der Waals surface area contributed by atoms with E-state index >= 15 is 0 Å². The fourth-order valence-electron chi connectivity index (χ4n) is 3.38. The van der Waals surface area contributed by atoms with E-state index in [-0.39, 0.29) is 22.7 Å². The highest BCUT2D eigenvalue weighted by Gasteiger charge is 2.31. The van der Waals surface area contributed by atoms with Crippen molar-refractivity contribution in [3.05, 3.63) is 64.4 Å². The molecule has 1 unspecified atom stereocenters. The zero-order valence-corrected chi connectivity index (χ0v) is 19.1. The van der Waals surface area contributed by atoms with Crippen LogP contribution in [0.1, 0.15) is 12.5 Å². The third kappa shape index (κ3) is 5.66. The normalized spacial score (nSPS) is 16.9. The van der Waals surface area contributed by atoms with E-state index in [1.165, 1.54) is 16.4 Å². The lowest BCUT2D eigenvalue weighted by Gasteiger charge is -2.36. The second kappa shape index (κ2) is 10.00. The number of amides is 1. The lowest BCUT2D eigenvalue weighted by molar-refractivity contribution is -0.126. The molecule has 30 heavy (non-hydrogen) atoms. The van der Waals surface area contributed by atoms with Gasteiger partial charge in [0.05, 0.1) is 10.9 Å². The Labute approximate surface area is 185 Å². The Kier molecular flexibility index (Phi) is 7.62. The minimum Gasteiger partial charge on any atom is -0.354 e. The van der Waals surface area contributed by atoms with Gasteiger partial charge < -0.3 is 5.32 Å². The SMILES string of the molecule is CC(C(=O)NCCc1ccc(F)cc1)N1CCN(S(=O)(=O)c2ccc(Br)cc2)CC1. The van der Waals surface area contributed by atoms with E-state index in [1.54, 1.807) is 36.4 Å². The van der Waals surface area contributed by atoms with E-state index in [1.807, 2.05) is 11.8 Å². The fourth-order valence-corrected chi connectivity index (χ4v) is 5.07. The zero-order chi connectivity index (χ0) is 21.7. The van der Waals surface area contributed by atoms with Gasteiger partial charge in [-0.1, -0.05) is 28.1 Å². The summed E-state index contributed by atoms with van der Waals surface area (Å²) in [6.07, 6.45) is 0.623. The molecule has 1 heterocycles. The van der Waals surface area contributed by atoms with Crippen molar-refractivity contribution < 1.29 is 17.6 Å². The molecule has 0 aliphatic carbocycles. The average molecular weight is 498 g/mol. The Bertz CT molecular complexity index is 960. The van der Waals surface area contributed by atoms with Crippen LogP contribution in [0.5, 0.6) is 0 Å². The van der Waals surface area contributed by atoms with Gasteiger partial charge in [-0.25, -0.2) is 12.8 Å². The largest absolute Gasteiger partial charge is 0.354 e. The number of hydrogen-bond donors (Lipinski definition) is 1. The Morgan fingerprint density at radius 2 is 1.67 bits per heavy atom. The topological polar surface area (TPSA) is 69.7 Å². The van der Waals surface area contributed by atoms with Gasteiger partial charge in [-0.15, -0.1) is 0 Å². The Morgan fingerprint density at radius 1 is 1.07 bits per heavy atom. The van der Waals surface area contributed by atoms with E-state index in [2.05, 4.69) is 21.2 Å². The molecule has 1 saturated heterocycles. The Hall–Kier alpha value is -1.81. The predicted molar refractivity (Wildman–Crippen MR) is 117 cm³/mol. The van der Waals surface area contributed by atoms with Gasteiger partial charge in [0.1, 0.15) is 5.82 Å². The molecule has 0 radical (unpaired) electrons. The van der Waals surface area contributed by atoms with Crippen LogP contribution >= 0.6 is 15.9 Å². The summed E-state index contributed by atoms with van der Waals surface area (Å²) in [6, 6.07) is 12.5. The summed E-state index contributed by atoms with van der Waals surface area (Å²) in [5.41, 5.74) is 0.955. The number of sulfonamides is 1. The molecule has 0 bridgehead atoms. The van der Waals surface area contributed by atoms with Crippen LogP contribution in [0.25, 0.3) is 0 Å².